The van der Waals surface area contributed by atoms with E-state index >= 15 is 0 Å². The predicted octanol–water partition coefficient (Wildman–Crippen LogP) is 2.55. The van der Waals surface area contributed by atoms with Gasteiger partial charge in [0.2, 0.25) is 5.91 Å². The molecule has 1 amide bonds. The van der Waals surface area contributed by atoms with Crippen LogP contribution in [0, 0.1) is 29.6 Å². The summed E-state index contributed by atoms with van der Waals surface area (Å²) in [5, 5.41) is 9.46. The summed E-state index contributed by atoms with van der Waals surface area (Å²) in [6, 6.07) is 0. The molecule has 4 atom stereocenters. The van der Waals surface area contributed by atoms with E-state index in [-0.39, 0.29) is 23.7 Å². The quantitative estimate of drug-likeness (QED) is 0.810. The highest BCUT2D eigenvalue weighted by Gasteiger charge is 2.52. The van der Waals surface area contributed by atoms with Gasteiger partial charge < -0.3 is 10.0 Å². The third kappa shape index (κ3) is 2.60. The van der Waals surface area contributed by atoms with Crippen molar-refractivity contribution in [2.24, 2.45) is 29.6 Å². The topological polar surface area (TPSA) is 57.6 Å². The minimum atomic E-state index is -0.800. The summed E-state index contributed by atoms with van der Waals surface area (Å²) in [5.41, 5.74) is 0. The molecule has 2 fully saturated rings. The largest absolute Gasteiger partial charge is 0.481 e. The number of hydrogen-bond acceptors (Lipinski definition) is 2. The van der Waals surface area contributed by atoms with Crippen LogP contribution in [0.1, 0.15) is 39.0 Å². The molecule has 21 heavy (non-hydrogen) atoms. The van der Waals surface area contributed by atoms with Crippen molar-refractivity contribution in [3.8, 4) is 0 Å². The number of carboxylic acids is 1. The Balaban J connectivity index is 1.66. The second kappa shape index (κ2) is 5.82. The fourth-order valence-corrected chi connectivity index (χ4v) is 4.56. The number of carbonyl (C=O) groups excluding carboxylic acids is 1. The van der Waals surface area contributed by atoms with Gasteiger partial charge in [-0.3, -0.25) is 9.59 Å². The number of carboxylic acid groups (broad SMARTS) is 1. The predicted molar refractivity (Wildman–Crippen MR) is 79.6 cm³/mol. The Labute approximate surface area is 126 Å². The Bertz CT molecular complexity index is 451. The van der Waals surface area contributed by atoms with Crippen LogP contribution in [-0.2, 0) is 9.59 Å². The van der Waals surface area contributed by atoms with E-state index in [1.165, 1.54) is 12.8 Å². The number of amides is 1. The van der Waals surface area contributed by atoms with Crippen LogP contribution in [-0.4, -0.2) is 35.0 Å². The fourth-order valence-electron chi connectivity index (χ4n) is 4.56. The van der Waals surface area contributed by atoms with E-state index in [0.717, 1.165) is 38.3 Å². The number of allylic oxidation sites excluding steroid dienone is 2. The SMILES string of the molecule is CCCC1CCN(C(=O)C2C3C=CC(C3)C2C(=O)O)CC1. The van der Waals surface area contributed by atoms with Crippen molar-refractivity contribution < 1.29 is 14.7 Å². The van der Waals surface area contributed by atoms with Crippen LogP contribution in [0.3, 0.4) is 0 Å². The zero-order valence-corrected chi connectivity index (χ0v) is 12.7. The molecule has 1 aliphatic heterocycles. The molecule has 1 N–H and O–H groups in total. The van der Waals surface area contributed by atoms with Gasteiger partial charge in [-0.1, -0.05) is 31.9 Å². The van der Waals surface area contributed by atoms with Gasteiger partial charge in [0.25, 0.3) is 0 Å². The van der Waals surface area contributed by atoms with Crippen LogP contribution in [0.4, 0.5) is 0 Å². The number of likely N-dealkylation sites (tertiary alicyclic amines) is 1. The molecule has 116 valence electrons. The summed E-state index contributed by atoms with van der Waals surface area (Å²) in [4.78, 5) is 26.3. The average Bonchev–Trinajstić information content (AvgIpc) is 3.08. The van der Waals surface area contributed by atoms with Gasteiger partial charge in [0.15, 0.2) is 0 Å². The molecule has 4 unspecified atom stereocenters. The number of hydrogen-bond donors (Lipinski definition) is 1. The number of nitrogens with zero attached hydrogens (tertiary/aromatic N) is 1. The first kappa shape index (κ1) is 14.6. The maximum Gasteiger partial charge on any atom is 0.307 e. The van der Waals surface area contributed by atoms with Gasteiger partial charge in [-0.05, 0) is 37.0 Å². The van der Waals surface area contributed by atoms with Gasteiger partial charge >= 0.3 is 5.97 Å². The standard InChI is InChI=1S/C17H25NO3/c1-2-3-11-6-8-18(9-7-11)16(19)14-12-4-5-13(10-12)15(14)17(20)21/h4-5,11-15H,2-3,6-10H2,1H3,(H,20,21). The molecular weight excluding hydrogens is 266 g/mol. The minimum Gasteiger partial charge on any atom is -0.481 e. The number of piperidine rings is 1. The Morgan fingerprint density at radius 1 is 1.14 bits per heavy atom. The van der Waals surface area contributed by atoms with E-state index in [4.69, 9.17) is 0 Å². The minimum absolute atomic E-state index is 0.0686. The zero-order valence-electron chi connectivity index (χ0n) is 12.7. The average molecular weight is 291 g/mol. The summed E-state index contributed by atoms with van der Waals surface area (Å²) in [5.74, 6) is -0.563. The summed E-state index contributed by atoms with van der Waals surface area (Å²) in [6.45, 7) is 3.83. The fraction of sp³-hybridized carbons (Fsp3) is 0.765. The maximum atomic E-state index is 12.8. The van der Waals surface area contributed by atoms with E-state index in [9.17, 15) is 14.7 Å². The molecule has 1 saturated heterocycles. The highest BCUT2D eigenvalue weighted by Crippen LogP contribution is 2.49. The molecule has 0 aromatic rings. The van der Waals surface area contributed by atoms with Gasteiger partial charge in [-0.25, -0.2) is 0 Å². The van der Waals surface area contributed by atoms with Gasteiger partial charge in [0.05, 0.1) is 11.8 Å². The molecule has 4 nitrogen and oxygen atoms in total. The lowest BCUT2D eigenvalue weighted by Gasteiger charge is -2.36. The second-order valence-corrected chi connectivity index (χ2v) is 6.90. The van der Waals surface area contributed by atoms with E-state index in [1.807, 2.05) is 11.0 Å². The van der Waals surface area contributed by atoms with Gasteiger partial charge in [0, 0.05) is 13.1 Å². The van der Waals surface area contributed by atoms with E-state index in [2.05, 4.69) is 13.0 Å². The normalized spacial score (nSPS) is 35.4. The number of aliphatic carboxylic acids is 1. The summed E-state index contributed by atoms with van der Waals surface area (Å²) in [7, 11) is 0. The summed E-state index contributed by atoms with van der Waals surface area (Å²) < 4.78 is 0. The van der Waals surface area contributed by atoms with Gasteiger partial charge in [-0.2, -0.15) is 0 Å². The van der Waals surface area contributed by atoms with Crippen molar-refractivity contribution in [3.05, 3.63) is 12.2 Å². The molecule has 2 aliphatic carbocycles. The van der Waals surface area contributed by atoms with Crippen LogP contribution in [0.15, 0.2) is 12.2 Å². The molecule has 1 saturated carbocycles. The molecule has 3 rings (SSSR count). The molecule has 0 spiro atoms. The van der Waals surface area contributed by atoms with E-state index < -0.39 is 11.9 Å². The molecule has 0 aromatic heterocycles. The Morgan fingerprint density at radius 2 is 1.76 bits per heavy atom. The smallest absolute Gasteiger partial charge is 0.307 e. The molecule has 3 aliphatic rings. The summed E-state index contributed by atoms with van der Waals surface area (Å²) >= 11 is 0. The van der Waals surface area contributed by atoms with E-state index in [0.29, 0.717) is 0 Å². The van der Waals surface area contributed by atoms with Gasteiger partial charge in [-0.15, -0.1) is 0 Å². The van der Waals surface area contributed by atoms with Crippen LogP contribution >= 0.6 is 0 Å². The van der Waals surface area contributed by atoms with E-state index in [1.54, 1.807) is 0 Å². The Hall–Kier alpha value is -1.32. The molecular formula is C17H25NO3. The zero-order chi connectivity index (χ0) is 15.0. The molecule has 1 heterocycles. The first-order valence-electron chi connectivity index (χ1n) is 8.31. The van der Waals surface area contributed by atoms with Gasteiger partial charge in [0.1, 0.15) is 0 Å². The highest BCUT2D eigenvalue weighted by molar-refractivity contribution is 5.87. The first-order chi connectivity index (χ1) is 10.1. The summed E-state index contributed by atoms with van der Waals surface area (Å²) in [6.07, 6.45) is 9.52. The van der Waals surface area contributed by atoms with Crippen molar-refractivity contribution in [3.63, 3.8) is 0 Å². The maximum absolute atomic E-state index is 12.8. The molecule has 4 heteroatoms. The van der Waals surface area contributed by atoms with Crippen molar-refractivity contribution in [2.75, 3.05) is 13.1 Å². The van der Waals surface area contributed by atoms with Crippen LogP contribution in [0.5, 0.6) is 0 Å². The highest BCUT2D eigenvalue weighted by atomic mass is 16.4. The number of carbonyl (C=O) groups is 2. The monoisotopic (exact) mass is 291 g/mol. The van der Waals surface area contributed by atoms with Crippen molar-refractivity contribution >= 4 is 11.9 Å². The molecule has 0 radical (unpaired) electrons. The second-order valence-electron chi connectivity index (χ2n) is 6.90. The third-order valence-corrected chi connectivity index (χ3v) is 5.65. The third-order valence-electron chi connectivity index (χ3n) is 5.65. The molecule has 2 bridgehead atoms. The number of rotatable bonds is 4. The van der Waals surface area contributed by atoms with Crippen LogP contribution in [0.25, 0.3) is 0 Å². The van der Waals surface area contributed by atoms with Crippen molar-refractivity contribution in [1.82, 2.24) is 4.90 Å². The lowest BCUT2D eigenvalue weighted by molar-refractivity contribution is -0.151. The molecule has 0 aromatic carbocycles. The number of fused-ring (bicyclic) bond motifs is 2. The van der Waals surface area contributed by atoms with Crippen molar-refractivity contribution in [2.45, 2.75) is 39.0 Å². The first-order valence-corrected chi connectivity index (χ1v) is 8.31. The van der Waals surface area contributed by atoms with Crippen LogP contribution < -0.4 is 0 Å². The Kier molecular flexibility index (Phi) is 4.05. The van der Waals surface area contributed by atoms with Crippen LogP contribution in [0.2, 0.25) is 0 Å². The lowest BCUT2D eigenvalue weighted by atomic mass is 9.81. The Morgan fingerprint density at radius 3 is 2.33 bits per heavy atom. The lowest BCUT2D eigenvalue weighted by Crippen LogP contribution is -2.46. The van der Waals surface area contributed by atoms with Crippen molar-refractivity contribution in [1.29, 1.82) is 0 Å².